The number of ether oxygens (including phenoxy) is 2. The summed E-state index contributed by atoms with van der Waals surface area (Å²) in [5.41, 5.74) is 3.03. The fraction of sp³-hybridized carbons (Fsp3) is 0.182. The van der Waals surface area contributed by atoms with Gasteiger partial charge in [0.25, 0.3) is 5.91 Å². The first kappa shape index (κ1) is 21.9. The monoisotopic (exact) mass is 470 g/mol. The number of aliphatic hydroxyl groups is 1. The molecule has 8 nitrogen and oxygen atoms in total. The molecule has 0 fully saturated rings. The summed E-state index contributed by atoms with van der Waals surface area (Å²) in [7, 11) is 1.53. The van der Waals surface area contributed by atoms with E-state index in [1.54, 1.807) is 24.3 Å². The van der Waals surface area contributed by atoms with E-state index in [-0.39, 0.29) is 24.3 Å². The van der Waals surface area contributed by atoms with Gasteiger partial charge in [0.05, 0.1) is 35.7 Å². The maximum absolute atomic E-state index is 13.2. The molecule has 3 aromatic heterocycles. The Morgan fingerprint density at radius 3 is 2.81 bits per heavy atom. The number of aromatic nitrogens is 3. The summed E-state index contributed by atoms with van der Waals surface area (Å²) in [5.74, 6) is 0.726. The molecule has 0 aliphatic heterocycles. The van der Waals surface area contributed by atoms with Crippen molar-refractivity contribution in [2.45, 2.75) is 6.92 Å². The van der Waals surface area contributed by atoms with Crippen LogP contribution in [0.3, 0.4) is 0 Å². The number of amides is 1. The van der Waals surface area contributed by atoms with Gasteiger partial charge in [0, 0.05) is 29.1 Å². The molecular formula is C22H19ClN4O4S. The normalized spacial score (nSPS) is 10.9. The molecule has 0 saturated heterocycles. The molecule has 2 N–H and O–H groups in total. The fourth-order valence-electron chi connectivity index (χ4n) is 3.13. The van der Waals surface area contributed by atoms with Gasteiger partial charge < -0.3 is 14.6 Å². The predicted molar refractivity (Wildman–Crippen MR) is 124 cm³/mol. The van der Waals surface area contributed by atoms with Gasteiger partial charge in [0.2, 0.25) is 0 Å². The molecule has 0 radical (unpaired) electrons. The average molecular weight is 471 g/mol. The van der Waals surface area contributed by atoms with E-state index in [4.69, 9.17) is 26.2 Å². The second-order valence-corrected chi connectivity index (χ2v) is 8.17. The highest BCUT2D eigenvalue weighted by Crippen LogP contribution is 2.35. The zero-order valence-electron chi connectivity index (χ0n) is 17.3. The van der Waals surface area contributed by atoms with Gasteiger partial charge in [0.1, 0.15) is 23.3 Å². The number of aryl methyl sites for hydroxylation is 1. The van der Waals surface area contributed by atoms with Gasteiger partial charge in [-0.1, -0.05) is 22.9 Å². The number of carbonyl (C=O) groups is 1. The minimum absolute atomic E-state index is 0.0726. The number of halogens is 1. The highest BCUT2D eigenvalue weighted by atomic mass is 35.5. The Kier molecular flexibility index (Phi) is 6.50. The van der Waals surface area contributed by atoms with Crippen LogP contribution in [0.4, 0.5) is 5.13 Å². The summed E-state index contributed by atoms with van der Waals surface area (Å²) < 4.78 is 11.7. The highest BCUT2D eigenvalue weighted by molar-refractivity contribution is 7.22. The molecule has 10 heteroatoms. The number of methoxy groups -OCH3 is 1. The Labute approximate surface area is 192 Å². The summed E-state index contributed by atoms with van der Waals surface area (Å²) >= 11 is 7.44. The van der Waals surface area contributed by atoms with Crippen molar-refractivity contribution in [3.8, 4) is 22.6 Å². The highest BCUT2D eigenvalue weighted by Gasteiger charge is 2.19. The van der Waals surface area contributed by atoms with Gasteiger partial charge in [-0.15, -0.1) is 0 Å². The van der Waals surface area contributed by atoms with E-state index in [0.29, 0.717) is 38.8 Å². The van der Waals surface area contributed by atoms with E-state index in [1.165, 1.54) is 30.8 Å². The molecule has 0 spiro atoms. The lowest BCUT2D eigenvalue weighted by atomic mass is 10.0. The molecule has 0 saturated carbocycles. The number of benzene rings is 1. The van der Waals surface area contributed by atoms with Crippen molar-refractivity contribution in [2.24, 2.45) is 0 Å². The summed E-state index contributed by atoms with van der Waals surface area (Å²) in [5, 5.41) is 12.5. The van der Waals surface area contributed by atoms with Crippen LogP contribution in [-0.2, 0) is 0 Å². The smallest absolute Gasteiger partial charge is 0.259 e. The number of rotatable bonds is 7. The van der Waals surface area contributed by atoms with Crippen LogP contribution in [0.25, 0.3) is 21.3 Å². The van der Waals surface area contributed by atoms with Crippen molar-refractivity contribution >= 4 is 44.2 Å². The maximum atomic E-state index is 13.2. The molecule has 0 unspecified atom stereocenters. The van der Waals surface area contributed by atoms with Crippen LogP contribution >= 0.6 is 22.9 Å². The predicted octanol–water partition coefficient (Wildman–Crippen LogP) is 4.35. The number of hydrogen-bond donors (Lipinski definition) is 2. The molecule has 0 bridgehead atoms. The summed E-state index contributed by atoms with van der Waals surface area (Å²) in [6, 6.07) is 8.87. The molecule has 0 atom stereocenters. The lowest BCUT2D eigenvalue weighted by Crippen LogP contribution is -2.14. The van der Waals surface area contributed by atoms with E-state index >= 15 is 0 Å². The number of anilines is 1. The zero-order valence-corrected chi connectivity index (χ0v) is 18.8. The number of thiazole rings is 1. The summed E-state index contributed by atoms with van der Waals surface area (Å²) in [6.07, 6.45) is 3.03. The van der Waals surface area contributed by atoms with E-state index in [1.807, 2.05) is 13.0 Å². The van der Waals surface area contributed by atoms with E-state index in [0.717, 1.165) is 10.4 Å². The van der Waals surface area contributed by atoms with Gasteiger partial charge in [-0.05, 0) is 31.2 Å². The third kappa shape index (κ3) is 4.64. The third-order valence-electron chi connectivity index (χ3n) is 4.57. The summed E-state index contributed by atoms with van der Waals surface area (Å²) in [6.45, 7) is 1.96. The van der Waals surface area contributed by atoms with Crippen molar-refractivity contribution in [3.05, 3.63) is 59.1 Å². The van der Waals surface area contributed by atoms with Gasteiger partial charge in [-0.25, -0.2) is 9.97 Å². The molecular weight excluding hydrogens is 452 g/mol. The third-order valence-corrected chi connectivity index (χ3v) is 5.73. The topological polar surface area (TPSA) is 106 Å². The van der Waals surface area contributed by atoms with Crippen LogP contribution < -0.4 is 14.8 Å². The SMILES string of the molecule is COc1cnc(Cl)cc1-c1cc(C)ncc1C(=O)Nc1nc2cc(OCCO)ccc2s1. The fourth-order valence-corrected chi connectivity index (χ4v) is 4.13. The van der Waals surface area contributed by atoms with Crippen LogP contribution in [-0.4, -0.2) is 46.3 Å². The molecule has 4 rings (SSSR count). The minimum atomic E-state index is -0.363. The number of carbonyl (C=O) groups excluding carboxylic acids is 1. The average Bonchev–Trinajstić information content (AvgIpc) is 3.18. The summed E-state index contributed by atoms with van der Waals surface area (Å²) in [4.78, 5) is 26.0. The minimum Gasteiger partial charge on any atom is -0.494 e. The first-order chi connectivity index (χ1) is 15.5. The molecule has 164 valence electrons. The van der Waals surface area contributed by atoms with Gasteiger partial charge in [0.15, 0.2) is 5.13 Å². The largest absolute Gasteiger partial charge is 0.494 e. The molecule has 1 aromatic carbocycles. The molecule has 0 aliphatic rings. The molecule has 0 aliphatic carbocycles. The van der Waals surface area contributed by atoms with Gasteiger partial charge >= 0.3 is 0 Å². The number of pyridine rings is 2. The van der Waals surface area contributed by atoms with Crippen LogP contribution in [0.1, 0.15) is 16.1 Å². The first-order valence-corrected chi connectivity index (χ1v) is 10.8. The molecule has 4 aromatic rings. The van der Waals surface area contributed by atoms with Crippen LogP contribution in [0, 0.1) is 6.92 Å². The van der Waals surface area contributed by atoms with Crippen LogP contribution in [0.15, 0.2) is 42.7 Å². The molecule has 1 amide bonds. The van der Waals surface area contributed by atoms with Gasteiger partial charge in [-0.3, -0.25) is 15.1 Å². The first-order valence-electron chi connectivity index (χ1n) is 9.60. The number of aliphatic hydroxyl groups excluding tert-OH is 1. The van der Waals surface area contributed by atoms with Crippen molar-refractivity contribution in [1.29, 1.82) is 0 Å². The number of nitrogens with one attached hydrogen (secondary N) is 1. The van der Waals surface area contributed by atoms with E-state index in [2.05, 4.69) is 20.3 Å². The quantitative estimate of drug-likeness (QED) is 0.387. The van der Waals surface area contributed by atoms with E-state index < -0.39 is 0 Å². The lowest BCUT2D eigenvalue weighted by Gasteiger charge is -2.13. The molecule has 32 heavy (non-hydrogen) atoms. The Balaban J connectivity index is 1.67. The Hall–Kier alpha value is -3.27. The van der Waals surface area contributed by atoms with Crippen LogP contribution in [0.2, 0.25) is 5.15 Å². The second-order valence-electron chi connectivity index (χ2n) is 6.75. The van der Waals surface area contributed by atoms with Crippen molar-refractivity contribution in [1.82, 2.24) is 15.0 Å². The molecule has 3 heterocycles. The van der Waals surface area contributed by atoms with Crippen molar-refractivity contribution in [2.75, 3.05) is 25.6 Å². The second kappa shape index (κ2) is 9.47. The van der Waals surface area contributed by atoms with Crippen molar-refractivity contribution in [3.63, 3.8) is 0 Å². The zero-order chi connectivity index (χ0) is 22.7. The van der Waals surface area contributed by atoms with Crippen LogP contribution in [0.5, 0.6) is 11.5 Å². The Morgan fingerprint density at radius 2 is 2.03 bits per heavy atom. The lowest BCUT2D eigenvalue weighted by molar-refractivity contribution is 0.102. The maximum Gasteiger partial charge on any atom is 0.259 e. The van der Waals surface area contributed by atoms with Crippen molar-refractivity contribution < 1.29 is 19.4 Å². The number of hydrogen-bond acceptors (Lipinski definition) is 8. The standard InChI is InChI=1S/C22H19ClN4O4S/c1-12-7-14(15-9-20(23)25-11-18(15)30-2)16(10-24-12)21(29)27-22-26-17-8-13(31-6-5-28)3-4-19(17)32-22/h3-4,7-11,28H,5-6H2,1-2H3,(H,26,27,29). The van der Waals surface area contributed by atoms with E-state index in [9.17, 15) is 4.79 Å². The Morgan fingerprint density at radius 1 is 1.19 bits per heavy atom. The number of nitrogens with zero attached hydrogens (tertiary/aromatic N) is 3. The van der Waals surface area contributed by atoms with Gasteiger partial charge in [-0.2, -0.15) is 0 Å². The number of fused-ring (bicyclic) bond motifs is 1. The Bertz CT molecular complexity index is 1290.